The summed E-state index contributed by atoms with van der Waals surface area (Å²) in [5.41, 5.74) is 3.57. The number of nitrogens with one attached hydrogen (secondary N) is 2. The monoisotopic (exact) mass is 122 g/mol. The maximum Gasteiger partial charge on any atom is 0.196 e. The molecule has 1 aliphatic rings. The summed E-state index contributed by atoms with van der Waals surface area (Å²) in [5, 5.41) is 4.94. The largest absolute Gasteiger partial charge is 0.343 e. The molecule has 0 fully saturated rings. The highest BCUT2D eigenvalue weighted by molar-refractivity contribution is 5.19. The normalized spacial score (nSPS) is 14.7. The number of aromatic amines is 1. The molecule has 0 saturated carbocycles. The molecule has 0 spiro atoms. The van der Waals surface area contributed by atoms with Crippen molar-refractivity contribution in [3.8, 4) is 0 Å². The molecule has 0 aliphatic carbocycles. The Bertz CT molecular complexity index is 279. The molecule has 4 nitrogen and oxygen atoms in total. The van der Waals surface area contributed by atoms with Crippen molar-refractivity contribution in [2.24, 2.45) is 5.10 Å². The molecule has 0 amide bonds. The van der Waals surface area contributed by atoms with Gasteiger partial charge >= 0.3 is 0 Å². The summed E-state index contributed by atoms with van der Waals surface area (Å²) >= 11 is 0. The average molecular weight is 122 g/mol. The number of rotatable bonds is 0. The van der Waals surface area contributed by atoms with Crippen molar-refractivity contribution in [2.45, 2.75) is 0 Å². The Morgan fingerprint density at radius 1 is 1.56 bits per heavy atom. The minimum absolute atomic E-state index is 0.751. The van der Waals surface area contributed by atoms with Gasteiger partial charge < -0.3 is 10.4 Å². The Balaban J connectivity index is 2.89. The fourth-order valence-electron chi connectivity index (χ4n) is 0.805. The zero-order valence-corrected chi connectivity index (χ0v) is 4.76. The van der Waals surface area contributed by atoms with E-state index in [1.165, 1.54) is 0 Å². The topological polar surface area (TPSA) is 53.1 Å². The Labute approximate surface area is 51.3 Å². The second-order valence-corrected chi connectivity index (χ2v) is 1.82. The zero-order valence-electron chi connectivity index (χ0n) is 4.76. The van der Waals surface area contributed by atoms with E-state index >= 15 is 0 Å². The standard InChI is InChI=1S/C5H6N4/c1-2-8-9-5-4(1)6-3-7-5/h1,3,8H,2H2,(H,6,7,9). The second kappa shape index (κ2) is 1.58. The summed E-state index contributed by atoms with van der Waals surface area (Å²) in [6.07, 6.45) is 3.65. The Morgan fingerprint density at radius 3 is 3.44 bits per heavy atom. The van der Waals surface area contributed by atoms with Gasteiger partial charge in [-0.2, -0.15) is 5.10 Å². The SMILES string of the molecule is C1=c2[nH]cnc2=NNC1. The predicted octanol–water partition coefficient (Wildman–Crippen LogP) is -1.67. The number of fused-ring (bicyclic) bond motifs is 1. The number of nitrogens with zero attached hydrogens (tertiary/aromatic N) is 2. The molecular formula is C5H6N4. The van der Waals surface area contributed by atoms with Crippen LogP contribution < -0.4 is 16.3 Å². The van der Waals surface area contributed by atoms with E-state index in [0.29, 0.717) is 0 Å². The van der Waals surface area contributed by atoms with Gasteiger partial charge in [-0.25, -0.2) is 4.98 Å². The Morgan fingerprint density at radius 2 is 2.56 bits per heavy atom. The van der Waals surface area contributed by atoms with Crippen LogP contribution in [0.4, 0.5) is 0 Å². The van der Waals surface area contributed by atoms with Gasteiger partial charge in [0.05, 0.1) is 18.2 Å². The molecule has 46 valence electrons. The third-order valence-corrected chi connectivity index (χ3v) is 1.23. The molecular weight excluding hydrogens is 116 g/mol. The van der Waals surface area contributed by atoms with E-state index in [1.807, 2.05) is 6.08 Å². The molecule has 0 unspecified atom stereocenters. The minimum atomic E-state index is 0.751. The van der Waals surface area contributed by atoms with Crippen LogP contribution in [0.5, 0.6) is 0 Å². The molecule has 9 heavy (non-hydrogen) atoms. The molecule has 1 aromatic rings. The highest BCUT2D eigenvalue weighted by Crippen LogP contribution is 1.65. The third kappa shape index (κ3) is 0.595. The van der Waals surface area contributed by atoms with E-state index in [0.717, 1.165) is 17.4 Å². The molecule has 0 atom stereocenters. The summed E-state index contributed by atoms with van der Waals surface area (Å²) < 4.78 is 0. The lowest BCUT2D eigenvalue weighted by molar-refractivity contribution is 0.775. The molecule has 4 heteroatoms. The van der Waals surface area contributed by atoms with Gasteiger partial charge in [0.1, 0.15) is 0 Å². The first-order valence-corrected chi connectivity index (χ1v) is 2.77. The maximum atomic E-state index is 3.94. The van der Waals surface area contributed by atoms with E-state index in [2.05, 4.69) is 20.5 Å². The van der Waals surface area contributed by atoms with Crippen molar-refractivity contribution in [1.82, 2.24) is 15.4 Å². The number of aromatic nitrogens is 2. The number of hydrogen-bond donors (Lipinski definition) is 2. The van der Waals surface area contributed by atoms with Crippen LogP contribution in [-0.2, 0) is 0 Å². The van der Waals surface area contributed by atoms with Gasteiger partial charge in [-0.1, -0.05) is 0 Å². The number of imidazole rings is 1. The number of H-pyrrole nitrogens is 1. The van der Waals surface area contributed by atoms with Gasteiger partial charge in [0.25, 0.3) is 0 Å². The third-order valence-electron chi connectivity index (χ3n) is 1.23. The number of hydrogen-bond acceptors (Lipinski definition) is 3. The highest BCUT2D eigenvalue weighted by atomic mass is 15.3. The molecule has 2 rings (SSSR count). The van der Waals surface area contributed by atoms with Gasteiger partial charge in [0.2, 0.25) is 0 Å². The fraction of sp³-hybridized carbons (Fsp3) is 0.200. The summed E-state index contributed by atoms with van der Waals surface area (Å²) in [6, 6.07) is 0. The van der Waals surface area contributed by atoms with Crippen molar-refractivity contribution < 1.29 is 0 Å². The average Bonchev–Trinajstić information content (AvgIpc) is 2.33. The van der Waals surface area contributed by atoms with Crippen LogP contribution in [-0.4, -0.2) is 16.5 Å². The molecule has 1 aromatic heterocycles. The maximum absolute atomic E-state index is 3.94. The van der Waals surface area contributed by atoms with Crippen LogP contribution in [0.25, 0.3) is 6.08 Å². The van der Waals surface area contributed by atoms with Crippen molar-refractivity contribution in [3.05, 3.63) is 17.2 Å². The smallest absolute Gasteiger partial charge is 0.196 e. The summed E-state index contributed by atoms with van der Waals surface area (Å²) in [4.78, 5) is 6.90. The quantitative estimate of drug-likeness (QED) is 0.432. The lowest BCUT2D eigenvalue weighted by Gasteiger charge is -1.94. The van der Waals surface area contributed by atoms with E-state index in [9.17, 15) is 0 Å². The first-order chi connectivity index (χ1) is 4.47. The Kier molecular flexibility index (Phi) is 0.798. The molecule has 0 aromatic carbocycles. The fourth-order valence-corrected chi connectivity index (χ4v) is 0.805. The van der Waals surface area contributed by atoms with Crippen molar-refractivity contribution in [2.75, 3.05) is 6.54 Å². The van der Waals surface area contributed by atoms with Gasteiger partial charge in [-0.15, -0.1) is 0 Å². The van der Waals surface area contributed by atoms with E-state index in [-0.39, 0.29) is 0 Å². The molecule has 0 bridgehead atoms. The van der Waals surface area contributed by atoms with E-state index in [4.69, 9.17) is 0 Å². The van der Waals surface area contributed by atoms with Crippen LogP contribution in [0.1, 0.15) is 0 Å². The highest BCUT2D eigenvalue weighted by Gasteiger charge is 1.91. The van der Waals surface area contributed by atoms with Crippen molar-refractivity contribution in [3.63, 3.8) is 0 Å². The molecule has 2 heterocycles. The molecule has 0 radical (unpaired) electrons. The lowest BCUT2D eigenvalue weighted by atomic mass is 10.5. The van der Waals surface area contributed by atoms with Crippen LogP contribution >= 0.6 is 0 Å². The van der Waals surface area contributed by atoms with Gasteiger partial charge in [0, 0.05) is 0 Å². The van der Waals surface area contributed by atoms with Crippen LogP contribution in [0, 0.1) is 0 Å². The van der Waals surface area contributed by atoms with Crippen LogP contribution in [0.3, 0.4) is 0 Å². The Hall–Kier alpha value is -1.32. The lowest BCUT2D eigenvalue weighted by Crippen LogP contribution is -2.33. The van der Waals surface area contributed by atoms with Gasteiger partial charge in [-0.05, 0) is 6.08 Å². The second-order valence-electron chi connectivity index (χ2n) is 1.82. The van der Waals surface area contributed by atoms with Crippen molar-refractivity contribution in [1.29, 1.82) is 0 Å². The predicted molar refractivity (Wildman–Crippen MR) is 31.8 cm³/mol. The van der Waals surface area contributed by atoms with E-state index < -0.39 is 0 Å². The van der Waals surface area contributed by atoms with Crippen LogP contribution in [0.15, 0.2) is 11.4 Å². The first kappa shape index (κ1) is 4.55. The molecule has 0 saturated heterocycles. The molecule has 2 N–H and O–H groups in total. The van der Waals surface area contributed by atoms with E-state index in [1.54, 1.807) is 6.33 Å². The molecule has 1 aliphatic heterocycles. The van der Waals surface area contributed by atoms with Gasteiger partial charge in [0.15, 0.2) is 5.49 Å². The summed E-state index contributed by atoms with van der Waals surface area (Å²) in [7, 11) is 0. The van der Waals surface area contributed by atoms with Gasteiger partial charge in [-0.3, -0.25) is 0 Å². The summed E-state index contributed by atoms with van der Waals surface area (Å²) in [6.45, 7) is 0.787. The zero-order chi connectivity index (χ0) is 6.10. The summed E-state index contributed by atoms with van der Waals surface area (Å²) in [5.74, 6) is 0. The van der Waals surface area contributed by atoms with Crippen LogP contribution in [0.2, 0.25) is 0 Å². The van der Waals surface area contributed by atoms with Crippen molar-refractivity contribution >= 4 is 6.08 Å². The first-order valence-electron chi connectivity index (χ1n) is 2.77. The minimum Gasteiger partial charge on any atom is -0.343 e.